The van der Waals surface area contributed by atoms with Gasteiger partial charge in [0.15, 0.2) is 0 Å². The smallest absolute Gasteiger partial charge is 0.238 e. The van der Waals surface area contributed by atoms with Crippen molar-refractivity contribution in [2.24, 2.45) is 0 Å². The fraction of sp³-hybridized carbons (Fsp3) is 0.400. The summed E-state index contributed by atoms with van der Waals surface area (Å²) in [7, 11) is 0. The van der Waals surface area contributed by atoms with Crippen LogP contribution in [0.3, 0.4) is 0 Å². The molecule has 0 spiro atoms. The quantitative estimate of drug-likeness (QED) is 0.627. The van der Waals surface area contributed by atoms with Crippen molar-refractivity contribution in [3.8, 4) is 5.88 Å². The standard InChI is InChI=1S/C20H23N5O2S/c1-13(2)27-19-10-14(8-9-21-19)11-25(15-6-7-15)12-18(26)22-16-4-3-5-17-20(16)24-28-23-17/h3-5,8-10,13,15H,6-7,11-12H2,1-2H3,(H,22,26). The van der Waals surface area contributed by atoms with Crippen molar-refractivity contribution < 1.29 is 9.53 Å². The molecule has 0 bridgehead atoms. The molecule has 1 N–H and O–H groups in total. The van der Waals surface area contributed by atoms with Crippen molar-refractivity contribution in [3.05, 3.63) is 42.1 Å². The number of anilines is 1. The van der Waals surface area contributed by atoms with Gasteiger partial charge in [-0.1, -0.05) is 6.07 Å². The van der Waals surface area contributed by atoms with Crippen molar-refractivity contribution in [2.75, 3.05) is 11.9 Å². The molecule has 1 saturated carbocycles. The summed E-state index contributed by atoms with van der Waals surface area (Å²) in [6, 6.07) is 10.0. The summed E-state index contributed by atoms with van der Waals surface area (Å²) in [5, 5.41) is 2.99. The fourth-order valence-corrected chi connectivity index (χ4v) is 3.67. The predicted molar refractivity (Wildman–Crippen MR) is 109 cm³/mol. The van der Waals surface area contributed by atoms with Gasteiger partial charge in [-0.3, -0.25) is 9.69 Å². The first-order valence-electron chi connectivity index (χ1n) is 9.45. The second-order valence-electron chi connectivity index (χ2n) is 7.29. The van der Waals surface area contributed by atoms with Gasteiger partial charge in [-0.25, -0.2) is 4.98 Å². The summed E-state index contributed by atoms with van der Waals surface area (Å²) in [4.78, 5) is 19.2. The van der Waals surface area contributed by atoms with Crippen LogP contribution in [0.4, 0.5) is 5.69 Å². The molecule has 0 saturated heterocycles. The zero-order valence-electron chi connectivity index (χ0n) is 16.0. The molecule has 7 nitrogen and oxygen atoms in total. The Bertz CT molecular complexity index is 970. The van der Waals surface area contributed by atoms with Gasteiger partial charge < -0.3 is 10.1 Å². The molecule has 2 heterocycles. The Morgan fingerprint density at radius 1 is 1.32 bits per heavy atom. The van der Waals surface area contributed by atoms with E-state index in [9.17, 15) is 4.79 Å². The van der Waals surface area contributed by atoms with Crippen molar-refractivity contribution in [2.45, 2.75) is 45.4 Å². The highest BCUT2D eigenvalue weighted by Crippen LogP contribution is 2.29. The summed E-state index contributed by atoms with van der Waals surface area (Å²) in [6.45, 7) is 4.99. The number of ether oxygens (including phenoxy) is 1. The summed E-state index contributed by atoms with van der Waals surface area (Å²) in [5.41, 5.74) is 3.35. The number of nitrogens with zero attached hydrogens (tertiary/aromatic N) is 4. The summed E-state index contributed by atoms with van der Waals surface area (Å²) in [6.07, 6.45) is 4.09. The maximum Gasteiger partial charge on any atom is 0.238 e. The van der Waals surface area contributed by atoms with Crippen molar-refractivity contribution in [3.63, 3.8) is 0 Å². The van der Waals surface area contributed by atoms with E-state index in [1.807, 2.05) is 44.2 Å². The zero-order chi connectivity index (χ0) is 19.5. The van der Waals surface area contributed by atoms with E-state index >= 15 is 0 Å². The molecule has 0 unspecified atom stereocenters. The number of aromatic nitrogens is 3. The minimum Gasteiger partial charge on any atom is -0.475 e. The molecule has 3 aromatic rings. The Labute approximate surface area is 168 Å². The van der Waals surface area contributed by atoms with Crippen LogP contribution in [0.5, 0.6) is 5.88 Å². The van der Waals surface area contributed by atoms with E-state index in [1.165, 1.54) is 0 Å². The van der Waals surface area contributed by atoms with Crippen LogP contribution in [-0.2, 0) is 11.3 Å². The lowest BCUT2D eigenvalue weighted by atomic mass is 10.2. The first-order chi connectivity index (χ1) is 13.6. The average Bonchev–Trinajstić information content (AvgIpc) is 3.38. The highest BCUT2D eigenvalue weighted by Gasteiger charge is 2.30. The van der Waals surface area contributed by atoms with Crippen molar-refractivity contribution in [1.82, 2.24) is 18.6 Å². The number of carbonyl (C=O) groups excluding carboxylic acids is 1. The third-order valence-corrected chi connectivity index (χ3v) is 5.05. The average molecular weight is 398 g/mol. The van der Waals surface area contributed by atoms with E-state index in [0.29, 0.717) is 30.7 Å². The number of fused-ring (bicyclic) bond motifs is 1. The molecule has 1 aliphatic rings. The van der Waals surface area contributed by atoms with Gasteiger partial charge in [-0.15, -0.1) is 0 Å². The first kappa shape index (κ1) is 18.8. The number of carbonyl (C=O) groups is 1. The summed E-state index contributed by atoms with van der Waals surface area (Å²) >= 11 is 1.15. The first-order valence-corrected chi connectivity index (χ1v) is 10.2. The minimum absolute atomic E-state index is 0.0416. The van der Waals surface area contributed by atoms with Gasteiger partial charge in [0.1, 0.15) is 11.0 Å². The molecule has 0 aliphatic heterocycles. The van der Waals surface area contributed by atoms with Crippen LogP contribution in [0, 0.1) is 0 Å². The summed E-state index contributed by atoms with van der Waals surface area (Å²) < 4.78 is 14.2. The summed E-state index contributed by atoms with van der Waals surface area (Å²) in [5.74, 6) is 0.579. The van der Waals surface area contributed by atoms with Gasteiger partial charge in [0.25, 0.3) is 0 Å². The number of nitrogens with one attached hydrogen (secondary N) is 1. The number of benzene rings is 1. The number of hydrogen-bond acceptors (Lipinski definition) is 7. The molecule has 2 aromatic heterocycles. The molecule has 28 heavy (non-hydrogen) atoms. The maximum absolute atomic E-state index is 12.7. The molecule has 8 heteroatoms. The molecule has 0 atom stereocenters. The van der Waals surface area contributed by atoms with Crippen LogP contribution < -0.4 is 10.1 Å². The minimum atomic E-state index is -0.0416. The highest BCUT2D eigenvalue weighted by molar-refractivity contribution is 7.00. The normalized spacial score (nSPS) is 14.0. The van der Waals surface area contributed by atoms with Gasteiger partial charge in [0, 0.05) is 24.8 Å². The predicted octanol–water partition coefficient (Wildman–Crippen LogP) is 3.48. The van der Waals surface area contributed by atoms with E-state index in [-0.39, 0.29) is 12.0 Å². The van der Waals surface area contributed by atoms with E-state index in [4.69, 9.17) is 4.74 Å². The molecule has 4 rings (SSSR count). The van der Waals surface area contributed by atoms with E-state index in [2.05, 4.69) is 23.9 Å². The number of amides is 1. The molecule has 1 aromatic carbocycles. The van der Waals surface area contributed by atoms with Crippen LogP contribution >= 0.6 is 11.7 Å². The molecular weight excluding hydrogens is 374 g/mol. The Morgan fingerprint density at radius 2 is 2.18 bits per heavy atom. The Balaban J connectivity index is 1.43. The van der Waals surface area contributed by atoms with Gasteiger partial charge in [0.2, 0.25) is 11.8 Å². The third-order valence-electron chi connectivity index (χ3n) is 4.51. The van der Waals surface area contributed by atoms with Gasteiger partial charge in [-0.05, 0) is 50.5 Å². The maximum atomic E-state index is 12.7. The van der Waals surface area contributed by atoms with Crippen LogP contribution in [0.1, 0.15) is 32.3 Å². The molecule has 146 valence electrons. The van der Waals surface area contributed by atoms with Crippen molar-refractivity contribution >= 4 is 34.4 Å². The zero-order valence-corrected chi connectivity index (χ0v) is 16.8. The van der Waals surface area contributed by atoms with Gasteiger partial charge >= 0.3 is 0 Å². The Morgan fingerprint density at radius 3 is 2.96 bits per heavy atom. The van der Waals surface area contributed by atoms with Crippen molar-refractivity contribution in [1.29, 1.82) is 0 Å². The lowest BCUT2D eigenvalue weighted by Gasteiger charge is -2.22. The van der Waals surface area contributed by atoms with Gasteiger partial charge in [0.05, 0.1) is 30.1 Å². The molecule has 1 fully saturated rings. The Kier molecular flexibility index (Phi) is 5.50. The molecular formula is C20H23N5O2S. The second kappa shape index (κ2) is 8.20. The number of hydrogen-bond donors (Lipinski definition) is 1. The van der Waals surface area contributed by atoms with Crippen LogP contribution in [0.15, 0.2) is 36.5 Å². The third kappa shape index (κ3) is 4.63. The van der Waals surface area contributed by atoms with Gasteiger partial charge in [-0.2, -0.15) is 8.75 Å². The number of pyridine rings is 1. The monoisotopic (exact) mass is 397 g/mol. The molecule has 1 amide bonds. The number of rotatable bonds is 8. The lowest BCUT2D eigenvalue weighted by Crippen LogP contribution is -2.34. The SMILES string of the molecule is CC(C)Oc1cc(CN(CC(=O)Nc2cccc3nsnc23)C2CC2)ccn1. The highest BCUT2D eigenvalue weighted by atomic mass is 32.1. The van der Waals surface area contributed by atoms with Crippen LogP contribution in [0.2, 0.25) is 0 Å². The fourth-order valence-electron chi connectivity index (χ4n) is 3.12. The molecule has 1 aliphatic carbocycles. The largest absolute Gasteiger partial charge is 0.475 e. The topological polar surface area (TPSA) is 80.2 Å². The Hall–Kier alpha value is -2.58. The van der Waals surface area contributed by atoms with Crippen LogP contribution in [0.25, 0.3) is 11.0 Å². The van der Waals surface area contributed by atoms with E-state index in [1.54, 1.807) is 6.20 Å². The van der Waals surface area contributed by atoms with E-state index in [0.717, 1.165) is 41.2 Å². The van der Waals surface area contributed by atoms with E-state index < -0.39 is 0 Å². The van der Waals surface area contributed by atoms with Crippen LogP contribution in [-0.4, -0.2) is 43.2 Å². The lowest BCUT2D eigenvalue weighted by molar-refractivity contribution is -0.117. The molecule has 0 radical (unpaired) electrons. The second-order valence-corrected chi connectivity index (χ2v) is 7.82.